The molecule has 0 spiro atoms. The molecule has 0 aliphatic heterocycles. The van der Waals surface area contributed by atoms with Crippen LogP contribution in [0.2, 0.25) is 0 Å². The van der Waals surface area contributed by atoms with Crippen molar-refractivity contribution in [2.75, 3.05) is 42.0 Å². The fourth-order valence-electron chi connectivity index (χ4n) is 3.76. The van der Waals surface area contributed by atoms with Crippen molar-refractivity contribution in [3.8, 4) is 11.5 Å². The zero-order chi connectivity index (χ0) is 30.7. The Hall–Kier alpha value is -3.91. The highest BCUT2D eigenvalue weighted by molar-refractivity contribution is 5.87. The van der Waals surface area contributed by atoms with E-state index in [0.29, 0.717) is 18.0 Å². The van der Waals surface area contributed by atoms with Crippen LogP contribution in [-0.2, 0) is 9.53 Å². The summed E-state index contributed by atoms with van der Waals surface area (Å²) >= 11 is 0. The summed E-state index contributed by atoms with van der Waals surface area (Å²) in [5, 5.41) is 0. The van der Waals surface area contributed by atoms with Gasteiger partial charge in [0.05, 0.1) is 42.7 Å². The van der Waals surface area contributed by atoms with Crippen molar-refractivity contribution < 1.29 is 19.0 Å². The van der Waals surface area contributed by atoms with Crippen molar-refractivity contribution >= 4 is 28.6 Å². The Bertz CT molecular complexity index is 1330. The van der Waals surface area contributed by atoms with E-state index < -0.39 is 0 Å². The number of nitrogens with zero attached hydrogens (tertiary/aromatic N) is 4. The zero-order valence-corrected chi connectivity index (χ0v) is 26.5. The third-order valence-electron chi connectivity index (χ3n) is 6.29. The number of carbonyl (C=O) groups excluding carboxylic acids is 1. The summed E-state index contributed by atoms with van der Waals surface area (Å²) in [4.78, 5) is 24.8. The third-order valence-corrected chi connectivity index (χ3v) is 6.29. The molecule has 222 valence electrons. The molecule has 3 rings (SSSR count). The van der Waals surface area contributed by atoms with Gasteiger partial charge in [0.1, 0.15) is 11.5 Å². The fraction of sp³-hybridized carbons (Fsp3) is 0.424. The molecule has 0 saturated heterocycles. The Morgan fingerprint density at radius 1 is 0.951 bits per heavy atom. The minimum absolute atomic E-state index is 0.0417. The molecule has 0 fully saturated rings. The average molecular weight is 563 g/mol. The number of carbonyl (C=O) groups is 1. The van der Waals surface area contributed by atoms with Gasteiger partial charge >= 0.3 is 0 Å². The van der Waals surface area contributed by atoms with Gasteiger partial charge in [0.2, 0.25) is 6.41 Å². The number of benzene rings is 2. The number of aromatic nitrogens is 2. The van der Waals surface area contributed by atoms with Crippen LogP contribution < -0.4 is 9.47 Å². The van der Waals surface area contributed by atoms with Crippen LogP contribution in [0.25, 0.3) is 22.2 Å². The Morgan fingerprint density at radius 2 is 1.56 bits per heavy atom. The first-order valence-electron chi connectivity index (χ1n) is 13.6. The quantitative estimate of drug-likeness (QED) is 0.268. The number of methoxy groups -OCH3 is 3. The van der Waals surface area contributed by atoms with Crippen molar-refractivity contribution in [2.45, 2.75) is 53.2 Å². The molecule has 0 bridgehead atoms. The van der Waals surface area contributed by atoms with E-state index in [1.54, 1.807) is 32.4 Å². The number of rotatable bonds is 10. The van der Waals surface area contributed by atoms with E-state index in [4.69, 9.17) is 19.2 Å². The Balaban J connectivity index is 0.000000883. The fourth-order valence-corrected chi connectivity index (χ4v) is 3.76. The summed E-state index contributed by atoms with van der Waals surface area (Å²) in [6.45, 7) is 12.5. The van der Waals surface area contributed by atoms with E-state index >= 15 is 0 Å². The van der Waals surface area contributed by atoms with Crippen LogP contribution in [0.15, 0.2) is 54.9 Å². The standard InChI is InChI=1S/C28H34N4O3.C5H12O/c1-19(2)32(18-33)11-10-25(22-12-23(34-6)15-24(13-22)35-7)21-8-9-26-27(14-21)30-28(16-29-26)20(3)17-31(4)5;1-5(2,3)6-4/h8-10,12-19H,11H2,1-7H3;1-4H3/b20-17+,25-10+;. The predicted molar refractivity (Wildman–Crippen MR) is 168 cm³/mol. The van der Waals surface area contributed by atoms with Gasteiger partial charge in [-0.1, -0.05) is 12.1 Å². The normalized spacial score (nSPS) is 12.1. The summed E-state index contributed by atoms with van der Waals surface area (Å²) < 4.78 is 15.9. The number of ether oxygens (including phenoxy) is 3. The highest BCUT2D eigenvalue weighted by Crippen LogP contribution is 2.32. The van der Waals surface area contributed by atoms with Gasteiger partial charge in [-0.3, -0.25) is 9.78 Å². The minimum Gasteiger partial charge on any atom is -0.497 e. The number of fused-ring (bicyclic) bond motifs is 1. The summed E-state index contributed by atoms with van der Waals surface area (Å²) in [5.41, 5.74) is 6.33. The lowest BCUT2D eigenvalue weighted by molar-refractivity contribution is -0.119. The molecule has 0 radical (unpaired) electrons. The number of hydrogen-bond acceptors (Lipinski definition) is 7. The van der Waals surface area contributed by atoms with Crippen molar-refractivity contribution in [3.63, 3.8) is 0 Å². The second-order valence-corrected chi connectivity index (χ2v) is 11.2. The zero-order valence-electron chi connectivity index (χ0n) is 26.5. The lowest BCUT2D eigenvalue weighted by atomic mass is 9.96. The SMILES string of the molecule is COC(C)(C)C.COc1cc(OC)cc(/C(=C/CN(C=O)C(C)C)c2ccc3ncc(/C(C)=C/N(C)C)nc3c2)c1. The van der Waals surface area contributed by atoms with Crippen LogP contribution >= 0.6 is 0 Å². The van der Waals surface area contributed by atoms with E-state index in [-0.39, 0.29) is 11.6 Å². The summed E-state index contributed by atoms with van der Waals surface area (Å²) in [5.74, 6) is 1.38. The van der Waals surface area contributed by atoms with Gasteiger partial charge in [-0.15, -0.1) is 0 Å². The van der Waals surface area contributed by atoms with Crippen molar-refractivity contribution in [1.82, 2.24) is 19.8 Å². The second kappa shape index (κ2) is 15.2. The van der Waals surface area contributed by atoms with Crippen molar-refractivity contribution in [1.29, 1.82) is 0 Å². The maximum absolute atomic E-state index is 11.6. The van der Waals surface area contributed by atoms with Crippen molar-refractivity contribution in [3.05, 3.63) is 71.7 Å². The summed E-state index contributed by atoms with van der Waals surface area (Å²) in [6, 6.07) is 11.9. The van der Waals surface area contributed by atoms with Crippen LogP contribution in [0.3, 0.4) is 0 Å². The molecule has 41 heavy (non-hydrogen) atoms. The largest absolute Gasteiger partial charge is 0.497 e. The molecule has 8 heteroatoms. The maximum atomic E-state index is 11.6. The van der Waals surface area contributed by atoms with E-state index in [9.17, 15) is 4.79 Å². The highest BCUT2D eigenvalue weighted by atomic mass is 16.5. The highest BCUT2D eigenvalue weighted by Gasteiger charge is 2.13. The Kier molecular flexibility index (Phi) is 12.3. The second-order valence-electron chi connectivity index (χ2n) is 11.2. The third kappa shape index (κ3) is 10.2. The van der Waals surface area contributed by atoms with E-state index in [1.165, 1.54) is 0 Å². The average Bonchev–Trinajstić information content (AvgIpc) is 2.93. The van der Waals surface area contributed by atoms with Gasteiger partial charge in [-0.25, -0.2) is 4.98 Å². The molecule has 1 heterocycles. The molecule has 0 atom stereocenters. The van der Waals surface area contributed by atoms with Crippen LogP contribution in [0.5, 0.6) is 11.5 Å². The van der Waals surface area contributed by atoms with Crippen LogP contribution in [0.1, 0.15) is 58.4 Å². The van der Waals surface area contributed by atoms with Gasteiger partial charge in [-0.2, -0.15) is 0 Å². The molecule has 3 aromatic rings. The molecule has 2 aromatic carbocycles. The van der Waals surface area contributed by atoms with Gasteiger partial charge in [0, 0.05) is 46.1 Å². The molecule has 0 N–H and O–H groups in total. The molecule has 1 aromatic heterocycles. The maximum Gasteiger partial charge on any atom is 0.210 e. The minimum atomic E-state index is 0.0417. The van der Waals surface area contributed by atoms with Crippen LogP contribution in [-0.4, -0.2) is 79.8 Å². The first kappa shape index (κ1) is 33.3. The molecule has 0 aliphatic carbocycles. The Morgan fingerprint density at radius 3 is 2.05 bits per heavy atom. The van der Waals surface area contributed by atoms with Gasteiger partial charge in [-0.05, 0) is 88.1 Å². The van der Waals surface area contributed by atoms with Crippen molar-refractivity contribution in [2.24, 2.45) is 0 Å². The first-order chi connectivity index (χ1) is 19.3. The molecule has 0 unspecified atom stereocenters. The number of allylic oxidation sites excluding steroid dienone is 1. The van der Waals surface area contributed by atoms with E-state index in [0.717, 1.165) is 45.4 Å². The molecular weight excluding hydrogens is 516 g/mol. The molecule has 1 amide bonds. The monoisotopic (exact) mass is 562 g/mol. The van der Waals surface area contributed by atoms with Gasteiger partial charge in [0.15, 0.2) is 0 Å². The van der Waals surface area contributed by atoms with Crippen LogP contribution in [0, 0.1) is 0 Å². The van der Waals surface area contributed by atoms with E-state index in [2.05, 4.69) is 11.1 Å². The summed E-state index contributed by atoms with van der Waals surface area (Å²) in [7, 11) is 8.93. The predicted octanol–water partition coefficient (Wildman–Crippen LogP) is 6.30. The van der Waals surface area contributed by atoms with Gasteiger partial charge in [0.25, 0.3) is 0 Å². The molecule has 0 saturated carbocycles. The van der Waals surface area contributed by atoms with E-state index in [1.807, 2.05) is 103 Å². The Labute approximate surface area is 245 Å². The lowest BCUT2D eigenvalue weighted by Crippen LogP contribution is -2.29. The molecular formula is C33H46N4O4. The topological polar surface area (TPSA) is 77.0 Å². The number of amides is 1. The summed E-state index contributed by atoms with van der Waals surface area (Å²) in [6.07, 6.45) is 6.75. The molecule has 8 nitrogen and oxygen atoms in total. The number of hydrogen-bond donors (Lipinski definition) is 0. The van der Waals surface area contributed by atoms with Gasteiger partial charge < -0.3 is 24.0 Å². The first-order valence-corrected chi connectivity index (χ1v) is 13.6. The lowest BCUT2D eigenvalue weighted by Gasteiger charge is -2.21. The smallest absolute Gasteiger partial charge is 0.210 e. The molecule has 0 aliphatic rings. The van der Waals surface area contributed by atoms with Crippen LogP contribution in [0.4, 0.5) is 0 Å².